The van der Waals surface area contributed by atoms with E-state index in [1.165, 1.54) is 37.9 Å². The average molecular weight is 487 g/mol. The first kappa shape index (κ1) is 30.1. The molecule has 0 aromatic rings. The van der Waals surface area contributed by atoms with Crippen LogP contribution in [-0.2, 0) is 9.47 Å². The second kappa shape index (κ2) is 15.2. The van der Waals surface area contributed by atoms with Crippen LogP contribution in [0.3, 0.4) is 0 Å². The summed E-state index contributed by atoms with van der Waals surface area (Å²) in [6, 6.07) is 0.524. The molecule has 0 bridgehead atoms. The summed E-state index contributed by atoms with van der Waals surface area (Å²) in [5, 5.41) is 4.10. The fourth-order valence-corrected chi connectivity index (χ4v) is 5.42. The second-order valence-electron chi connectivity index (χ2n) is 9.87. The Morgan fingerprint density at radius 3 is 2.39 bits per heavy atom. The van der Waals surface area contributed by atoms with Gasteiger partial charge in [-0.1, -0.05) is 32.1 Å². The number of hydrogen-bond donors (Lipinski definition) is 1. The third-order valence-electron chi connectivity index (χ3n) is 7.37. The summed E-state index contributed by atoms with van der Waals surface area (Å²) in [5.41, 5.74) is 1.31. The first-order valence-electron chi connectivity index (χ1n) is 12.2. The molecule has 0 aromatic heterocycles. The van der Waals surface area contributed by atoms with Crippen molar-refractivity contribution in [2.45, 2.75) is 69.9 Å². The van der Waals surface area contributed by atoms with Gasteiger partial charge in [0.25, 0.3) is 0 Å². The van der Waals surface area contributed by atoms with Gasteiger partial charge in [-0.3, -0.25) is 0 Å². The number of allylic oxidation sites excluding steroid dienone is 3. The predicted octanol–water partition coefficient (Wildman–Crippen LogP) is 3.50. The molecule has 192 valence electrons. The van der Waals surface area contributed by atoms with Gasteiger partial charge in [0, 0.05) is 26.1 Å². The highest BCUT2D eigenvalue weighted by molar-refractivity contribution is 6.21. The summed E-state index contributed by atoms with van der Waals surface area (Å²) in [6.07, 6.45) is 16.1. The van der Waals surface area contributed by atoms with Crippen LogP contribution in [0.2, 0.25) is 0 Å². The zero-order chi connectivity index (χ0) is 22.2. The van der Waals surface area contributed by atoms with E-state index in [1.807, 2.05) is 0 Å². The Morgan fingerprint density at radius 1 is 1.09 bits per heavy atom. The lowest BCUT2D eigenvalue weighted by atomic mass is 9.79. The van der Waals surface area contributed by atoms with Crippen molar-refractivity contribution in [1.82, 2.24) is 10.2 Å². The minimum absolute atomic E-state index is 0. The van der Waals surface area contributed by atoms with Crippen molar-refractivity contribution in [3.63, 3.8) is 0 Å². The largest absolute Gasteiger partial charge is 0.501 e. The molecule has 1 aliphatic heterocycles. The number of alkyl halides is 1. The van der Waals surface area contributed by atoms with Gasteiger partial charge in [-0.2, -0.15) is 0 Å². The summed E-state index contributed by atoms with van der Waals surface area (Å²) >= 11 is 6.23. The van der Waals surface area contributed by atoms with Crippen molar-refractivity contribution in [3.05, 3.63) is 35.6 Å². The topological polar surface area (TPSA) is 96.7 Å². The van der Waals surface area contributed by atoms with Crippen molar-refractivity contribution in [3.8, 4) is 0 Å². The van der Waals surface area contributed by atoms with Gasteiger partial charge in [-0.05, 0) is 81.1 Å². The molecule has 0 radical (unpaired) electrons. The number of piperidine rings is 1. The Balaban J connectivity index is 0.00000272. The van der Waals surface area contributed by atoms with E-state index in [9.17, 15) is 0 Å². The van der Waals surface area contributed by atoms with Crippen molar-refractivity contribution in [2.24, 2.45) is 17.8 Å². The van der Waals surface area contributed by atoms with Gasteiger partial charge in [0.15, 0.2) is 0 Å². The van der Waals surface area contributed by atoms with Crippen LogP contribution >= 0.6 is 11.6 Å². The molecule has 5 N–H and O–H groups in total. The molecule has 6 nitrogen and oxygen atoms in total. The van der Waals surface area contributed by atoms with E-state index >= 15 is 0 Å². The predicted molar refractivity (Wildman–Crippen MR) is 138 cm³/mol. The normalized spacial score (nSPS) is 27.3. The molecule has 7 heteroatoms. The Kier molecular flexibility index (Phi) is 13.9. The van der Waals surface area contributed by atoms with E-state index in [4.69, 9.17) is 21.1 Å². The third-order valence-corrected chi connectivity index (χ3v) is 7.74. The van der Waals surface area contributed by atoms with Gasteiger partial charge in [-0.15, -0.1) is 11.6 Å². The number of methoxy groups -OCH3 is 2. The van der Waals surface area contributed by atoms with Gasteiger partial charge in [0.2, 0.25) is 0 Å². The van der Waals surface area contributed by atoms with Gasteiger partial charge in [0.05, 0.1) is 24.4 Å². The maximum atomic E-state index is 6.23. The number of nitrogens with one attached hydrogen (secondary N) is 1. The van der Waals surface area contributed by atoms with Crippen LogP contribution in [0, 0.1) is 17.8 Å². The van der Waals surface area contributed by atoms with Crippen LogP contribution in [0.5, 0.6) is 0 Å². The minimum Gasteiger partial charge on any atom is -0.501 e. The SMILES string of the molecule is COC1=CC(CCN[C@@H](CN2CCC(C3C=CC(Cl)CC3)CC2)C(C)C)=CC(OC)C1.O.O. The highest BCUT2D eigenvalue weighted by Gasteiger charge is 2.28. The lowest BCUT2D eigenvalue weighted by molar-refractivity contribution is 0.120. The molecule has 3 aliphatic rings. The quantitative estimate of drug-likeness (QED) is 0.377. The fourth-order valence-electron chi connectivity index (χ4n) is 5.21. The molecule has 3 unspecified atom stereocenters. The van der Waals surface area contributed by atoms with Crippen molar-refractivity contribution in [1.29, 1.82) is 0 Å². The first-order chi connectivity index (χ1) is 15.0. The maximum absolute atomic E-state index is 6.23. The van der Waals surface area contributed by atoms with Gasteiger partial charge in [-0.25, -0.2) is 0 Å². The number of nitrogens with zero attached hydrogens (tertiary/aromatic N) is 1. The van der Waals surface area contributed by atoms with Crippen LogP contribution in [0.1, 0.15) is 52.4 Å². The monoisotopic (exact) mass is 486 g/mol. The van der Waals surface area contributed by atoms with E-state index in [2.05, 4.69) is 48.4 Å². The lowest BCUT2D eigenvalue weighted by Crippen LogP contribution is -2.47. The smallest absolute Gasteiger partial charge is 0.0987 e. The van der Waals surface area contributed by atoms with Gasteiger partial charge < -0.3 is 30.6 Å². The van der Waals surface area contributed by atoms with Crippen LogP contribution in [0.25, 0.3) is 0 Å². The number of likely N-dealkylation sites (tertiary alicyclic amines) is 1. The van der Waals surface area contributed by atoms with Crippen LogP contribution in [-0.4, -0.2) is 73.8 Å². The highest BCUT2D eigenvalue weighted by Crippen LogP contribution is 2.33. The fraction of sp³-hybridized carbons (Fsp3) is 0.769. The van der Waals surface area contributed by atoms with E-state index in [0.717, 1.165) is 49.9 Å². The third kappa shape index (κ3) is 9.35. The van der Waals surface area contributed by atoms with E-state index in [0.29, 0.717) is 12.0 Å². The van der Waals surface area contributed by atoms with Gasteiger partial charge >= 0.3 is 0 Å². The van der Waals surface area contributed by atoms with E-state index in [-0.39, 0.29) is 22.4 Å². The summed E-state index contributed by atoms with van der Waals surface area (Å²) in [4.78, 5) is 2.68. The lowest BCUT2D eigenvalue weighted by Gasteiger charge is -2.38. The molecule has 0 spiro atoms. The second-order valence-corrected chi connectivity index (χ2v) is 10.4. The standard InChI is InChI=1S/C26H43ClN2O2.2H2O/c1-19(2)26(28-12-9-20-15-24(30-3)17-25(16-20)31-4)18-29-13-10-22(11-14-29)21-5-7-23(27)8-6-21;;/h5,7,15-16,19,21-24,26,28H,6,8-14,17-18H2,1-4H3;2*1H2/t21?,23?,24?,26-;;/m0../s1. The number of hydrogen-bond acceptors (Lipinski definition) is 4. The Bertz CT molecular complexity index is 644. The molecule has 1 saturated heterocycles. The molecule has 3 rings (SSSR count). The zero-order valence-electron chi connectivity index (χ0n) is 21.0. The molecule has 0 aromatic carbocycles. The molecule has 1 heterocycles. The first-order valence-corrected chi connectivity index (χ1v) is 12.7. The highest BCUT2D eigenvalue weighted by atomic mass is 35.5. The average Bonchev–Trinajstić information content (AvgIpc) is 2.79. The van der Waals surface area contributed by atoms with Crippen LogP contribution in [0.15, 0.2) is 35.6 Å². The molecule has 0 saturated carbocycles. The van der Waals surface area contributed by atoms with Crippen molar-refractivity contribution >= 4 is 11.6 Å². The molecule has 1 fully saturated rings. The van der Waals surface area contributed by atoms with Crippen LogP contribution < -0.4 is 5.32 Å². The van der Waals surface area contributed by atoms with Gasteiger partial charge in [0.1, 0.15) is 0 Å². The molecule has 0 amide bonds. The molecule has 33 heavy (non-hydrogen) atoms. The maximum Gasteiger partial charge on any atom is 0.0987 e. The van der Waals surface area contributed by atoms with E-state index < -0.39 is 0 Å². The Morgan fingerprint density at radius 2 is 1.82 bits per heavy atom. The molecule has 4 atom stereocenters. The number of halogens is 1. The summed E-state index contributed by atoms with van der Waals surface area (Å²) < 4.78 is 11.0. The van der Waals surface area contributed by atoms with Crippen molar-refractivity contribution in [2.75, 3.05) is 40.4 Å². The number of ether oxygens (including phenoxy) is 2. The summed E-state index contributed by atoms with van der Waals surface area (Å²) in [5.74, 6) is 3.23. The number of rotatable bonds is 10. The molecule has 2 aliphatic carbocycles. The summed E-state index contributed by atoms with van der Waals surface area (Å²) in [6.45, 7) is 9.26. The molecular weight excluding hydrogens is 440 g/mol. The Labute approximate surface area is 206 Å². The van der Waals surface area contributed by atoms with Crippen LogP contribution in [0.4, 0.5) is 0 Å². The van der Waals surface area contributed by atoms with E-state index in [1.54, 1.807) is 14.2 Å². The minimum atomic E-state index is 0. The summed E-state index contributed by atoms with van der Waals surface area (Å²) in [7, 11) is 3.52. The van der Waals surface area contributed by atoms with Crippen molar-refractivity contribution < 1.29 is 20.4 Å². The zero-order valence-corrected chi connectivity index (χ0v) is 21.7. The molecular formula is C26H47ClN2O4. The Hall–Kier alpha value is -0.890.